The van der Waals surface area contributed by atoms with Crippen LogP contribution in [0.2, 0.25) is 0 Å². The Kier molecular flexibility index (Phi) is 6.11. The van der Waals surface area contributed by atoms with Gasteiger partial charge in [-0.3, -0.25) is 14.8 Å². The highest BCUT2D eigenvalue weighted by atomic mass is 16.5. The van der Waals surface area contributed by atoms with Gasteiger partial charge in [0.1, 0.15) is 11.3 Å². The van der Waals surface area contributed by atoms with Gasteiger partial charge in [0.05, 0.1) is 24.8 Å². The highest BCUT2D eigenvalue weighted by molar-refractivity contribution is 5.94. The maximum absolute atomic E-state index is 12.4. The average Bonchev–Trinajstić information content (AvgIpc) is 2.86. The number of rotatable bonds is 5. The number of benzene rings is 1. The van der Waals surface area contributed by atoms with Crippen LogP contribution >= 0.6 is 0 Å². The summed E-state index contributed by atoms with van der Waals surface area (Å²) in [4.78, 5) is 27.7. The van der Waals surface area contributed by atoms with E-state index in [0.29, 0.717) is 5.56 Å². The average molecular weight is 434 g/mol. The molecule has 0 spiro atoms. The molecule has 1 aliphatic carbocycles. The quantitative estimate of drug-likeness (QED) is 0.662. The van der Waals surface area contributed by atoms with E-state index in [0.717, 1.165) is 74.5 Å². The fraction of sp³-hybridized carbons (Fsp3) is 0.417. The molecule has 8 heteroatoms. The lowest BCUT2D eigenvalue weighted by Crippen LogP contribution is -2.39. The Morgan fingerprint density at radius 2 is 1.75 bits per heavy atom. The van der Waals surface area contributed by atoms with Gasteiger partial charge in [-0.05, 0) is 43.9 Å². The summed E-state index contributed by atoms with van der Waals surface area (Å²) in [6.45, 7) is 3.16. The first-order valence-electron chi connectivity index (χ1n) is 11.2. The molecule has 1 amide bonds. The molecule has 5 rings (SSSR count). The Morgan fingerprint density at radius 1 is 1.00 bits per heavy atom. The summed E-state index contributed by atoms with van der Waals surface area (Å²) >= 11 is 0. The van der Waals surface area contributed by atoms with Crippen molar-refractivity contribution in [2.75, 3.05) is 31.2 Å². The summed E-state index contributed by atoms with van der Waals surface area (Å²) in [5.74, 6) is 0.734. The van der Waals surface area contributed by atoms with E-state index in [1.54, 1.807) is 36.9 Å². The number of ether oxygens (including phenoxy) is 2. The van der Waals surface area contributed by atoms with Gasteiger partial charge in [-0.1, -0.05) is 0 Å². The van der Waals surface area contributed by atoms with Crippen molar-refractivity contribution in [1.82, 2.24) is 20.3 Å². The van der Waals surface area contributed by atoms with Crippen LogP contribution in [-0.2, 0) is 4.74 Å². The highest BCUT2D eigenvalue weighted by Gasteiger charge is 2.25. The minimum atomic E-state index is -0.0451. The molecule has 2 fully saturated rings. The molecule has 1 aromatic carbocycles. The molecule has 0 radical (unpaired) electrons. The minimum absolute atomic E-state index is 0.0451. The standard InChI is InChI=1S/C24H27N5O3/c30-24(17-5-7-25-8-6-17)28-18-1-3-20(4-2-18)32-22-16-19(29-11-13-31-14-12-29)15-21-23(22)27-10-9-26-21/h5-10,15-16,18,20H,1-4,11-14H2,(H,28,30). The molecule has 3 heterocycles. The van der Waals surface area contributed by atoms with E-state index in [1.165, 1.54) is 0 Å². The zero-order valence-corrected chi connectivity index (χ0v) is 17.9. The molecule has 1 saturated heterocycles. The molecular weight excluding hydrogens is 406 g/mol. The molecule has 0 unspecified atom stereocenters. The molecule has 3 aromatic rings. The van der Waals surface area contributed by atoms with E-state index in [2.05, 4.69) is 37.3 Å². The van der Waals surface area contributed by atoms with Crippen molar-refractivity contribution >= 4 is 22.6 Å². The minimum Gasteiger partial charge on any atom is -0.488 e. The predicted molar refractivity (Wildman–Crippen MR) is 121 cm³/mol. The van der Waals surface area contributed by atoms with Crippen LogP contribution in [0, 0.1) is 0 Å². The van der Waals surface area contributed by atoms with Crippen molar-refractivity contribution in [3.8, 4) is 5.75 Å². The van der Waals surface area contributed by atoms with Crippen LogP contribution in [0.25, 0.3) is 11.0 Å². The number of pyridine rings is 1. The third-order valence-corrected chi connectivity index (χ3v) is 6.15. The summed E-state index contributed by atoms with van der Waals surface area (Å²) in [5.41, 5.74) is 3.36. The van der Waals surface area contributed by atoms with Gasteiger partial charge < -0.3 is 19.7 Å². The fourth-order valence-electron chi connectivity index (χ4n) is 4.40. The molecule has 1 saturated carbocycles. The maximum Gasteiger partial charge on any atom is 0.251 e. The second-order valence-corrected chi connectivity index (χ2v) is 8.27. The Hall–Kier alpha value is -3.26. The number of fused-ring (bicyclic) bond motifs is 1. The molecule has 166 valence electrons. The monoisotopic (exact) mass is 433 g/mol. The maximum atomic E-state index is 12.4. The van der Waals surface area contributed by atoms with Crippen molar-refractivity contribution in [3.05, 3.63) is 54.6 Å². The van der Waals surface area contributed by atoms with Crippen molar-refractivity contribution < 1.29 is 14.3 Å². The number of nitrogens with one attached hydrogen (secondary N) is 1. The van der Waals surface area contributed by atoms with Gasteiger partial charge in [0.2, 0.25) is 0 Å². The predicted octanol–water partition coefficient (Wildman–Crippen LogP) is 2.98. The van der Waals surface area contributed by atoms with E-state index in [4.69, 9.17) is 9.47 Å². The van der Waals surface area contributed by atoms with Crippen molar-refractivity contribution in [3.63, 3.8) is 0 Å². The second-order valence-electron chi connectivity index (χ2n) is 8.27. The van der Waals surface area contributed by atoms with Gasteiger partial charge in [0.25, 0.3) is 5.91 Å². The smallest absolute Gasteiger partial charge is 0.251 e. The van der Waals surface area contributed by atoms with Crippen LogP contribution in [0.4, 0.5) is 5.69 Å². The highest BCUT2D eigenvalue weighted by Crippen LogP contribution is 2.33. The number of carbonyl (C=O) groups is 1. The van der Waals surface area contributed by atoms with Crippen LogP contribution in [-0.4, -0.2) is 59.3 Å². The van der Waals surface area contributed by atoms with Crippen LogP contribution in [0.5, 0.6) is 5.75 Å². The molecule has 2 aromatic heterocycles. The Balaban J connectivity index is 1.25. The lowest BCUT2D eigenvalue weighted by molar-refractivity contribution is 0.0895. The molecular formula is C24H27N5O3. The van der Waals surface area contributed by atoms with Crippen LogP contribution < -0.4 is 15.0 Å². The number of anilines is 1. The van der Waals surface area contributed by atoms with Gasteiger partial charge in [-0.2, -0.15) is 0 Å². The van der Waals surface area contributed by atoms with Crippen LogP contribution in [0.15, 0.2) is 49.1 Å². The summed E-state index contributed by atoms with van der Waals surface area (Å²) < 4.78 is 11.9. The first kappa shape index (κ1) is 20.6. The first-order valence-corrected chi connectivity index (χ1v) is 11.2. The molecule has 0 bridgehead atoms. The summed E-state index contributed by atoms with van der Waals surface area (Å²) in [6, 6.07) is 7.79. The third-order valence-electron chi connectivity index (χ3n) is 6.15. The van der Waals surface area contributed by atoms with Crippen molar-refractivity contribution in [2.24, 2.45) is 0 Å². The summed E-state index contributed by atoms with van der Waals surface area (Å²) in [5, 5.41) is 3.14. The summed E-state index contributed by atoms with van der Waals surface area (Å²) in [7, 11) is 0. The second kappa shape index (κ2) is 9.48. The number of hydrogen-bond donors (Lipinski definition) is 1. The van der Waals surface area contributed by atoms with E-state index in [-0.39, 0.29) is 18.1 Å². The SMILES string of the molecule is O=C(NC1CCC(Oc2cc(N3CCOCC3)cc3nccnc23)CC1)c1ccncc1. The number of aromatic nitrogens is 3. The normalized spacial score (nSPS) is 21.3. The Morgan fingerprint density at radius 3 is 2.53 bits per heavy atom. The fourth-order valence-corrected chi connectivity index (χ4v) is 4.40. The van der Waals surface area contributed by atoms with Crippen molar-refractivity contribution in [2.45, 2.75) is 37.8 Å². The van der Waals surface area contributed by atoms with Crippen molar-refractivity contribution in [1.29, 1.82) is 0 Å². The number of hydrogen-bond acceptors (Lipinski definition) is 7. The third kappa shape index (κ3) is 4.65. The Bertz CT molecular complexity index is 1060. The lowest BCUT2D eigenvalue weighted by Gasteiger charge is -2.31. The molecule has 2 aliphatic rings. The largest absolute Gasteiger partial charge is 0.488 e. The Labute approximate surface area is 187 Å². The first-order chi connectivity index (χ1) is 15.8. The zero-order valence-electron chi connectivity index (χ0n) is 17.9. The van der Waals surface area contributed by atoms with E-state index in [1.807, 2.05) is 0 Å². The van der Waals surface area contributed by atoms with E-state index < -0.39 is 0 Å². The number of amides is 1. The van der Waals surface area contributed by atoms with Crippen LogP contribution in [0.3, 0.4) is 0 Å². The number of nitrogens with zero attached hydrogens (tertiary/aromatic N) is 4. The van der Waals surface area contributed by atoms with Gasteiger partial charge in [0, 0.05) is 61.2 Å². The number of carbonyl (C=O) groups excluding carboxylic acids is 1. The van der Waals surface area contributed by atoms with E-state index >= 15 is 0 Å². The molecule has 32 heavy (non-hydrogen) atoms. The van der Waals surface area contributed by atoms with Gasteiger partial charge in [-0.15, -0.1) is 0 Å². The lowest BCUT2D eigenvalue weighted by atomic mass is 9.92. The van der Waals surface area contributed by atoms with Gasteiger partial charge in [-0.25, -0.2) is 4.98 Å². The van der Waals surface area contributed by atoms with Gasteiger partial charge in [0.15, 0.2) is 0 Å². The molecule has 0 atom stereocenters. The molecule has 8 nitrogen and oxygen atoms in total. The summed E-state index contributed by atoms with van der Waals surface area (Å²) in [6.07, 6.45) is 10.3. The van der Waals surface area contributed by atoms with E-state index in [9.17, 15) is 4.79 Å². The van der Waals surface area contributed by atoms with Crippen LogP contribution in [0.1, 0.15) is 36.0 Å². The molecule has 1 aliphatic heterocycles. The topological polar surface area (TPSA) is 89.5 Å². The van der Waals surface area contributed by atoms with Gasteiger partial charge >= 0.3 is 0 Å². The molecule has 1 N–H and O–H groups in total. The zero-order chi connectivity index (χ0) is 21.8. The number of morpholine rings is 1.